The van der Waals surface area contributed by atoms with E-state index in [1.54, 1.807) is 18.2 Å². The maximum Gasteiger partial charge on any atom is 0.101 e. The van der Waals surface area contributed by atoms with Gasteiger partial charge >= 0.3 is 0 Å². The lowest BCUT2D eigenvalue weighted by Crippen LogP contribution is -2.04. The minimum absolute atomic E-state index is 0.260. The summed E-state index contributed by atoms with van der Waals surface area (Å²) < 4.78 is 0. The van der Waals surface area contributed by atoms with Crippen LogP contribution < -0.4 is 5.32 Å². The number of unbranched alkanes of at least 4 members (excludes halogenated alkanes) is 3. The molecule has 0 fully saturated rings. The van der Waals surface area contributed by atoms with Crippen LogP contribution >= 0.6 is 11.6 Å². The molecular weight excluding hydrogens is 236 g/mol. The molecule has 3 nitrogen and oxygen atoms in total. The average molecular weight is 253 g/mol. The molecule has 0 aromatic heterocycles. The molecular formula is C13H17ClN2O. The van der Waals surface area contributed by atoms with E-state index < -0.39 is 0 Å². The highest BCUT2D eigenvalue weighted by atomic mass is 35.5. The van der Waals surface area contributed by atoms with E-state index >= 15 is 0 Å². The number of anilines is 1. The number of aliphatic hydroxyl groups excluding tert-OH is 1. The lowest BCUT2D eigenvalue weighted by Gasteiger charge is -2.09. The molecule has 1 rings (SSSR count). The van der Waals surface area contributed by atoms with Gasteiger partial charge in [-0.25, -0.2) is 0 Å². The van der Waals surface area contributed by atoms with Crippen molar-refractivity contribution < 1.29 is 5.11 Å². The Morgan fingerprint density at radius 3 is 2.71 bits per heavy atom. The van der Waals surface area contributed by atoms with Crippen LogP contribution in [0.15, 0.2) is 18.2 Å². The quantitative estimate of drug-likeness (QED) is 0.733. The third-order valence-corrected chi connectivity index (χ3v) is 2.84. The predicted molar refractivity (Wildman–Crippen MR) is 70.2 cm³/mol. The van der Waals surface area contributed by atoms with Crippen LogP contribution in [0.4, 0.5) is 5.69 Å². The van der Waals surface area contributed by atoms with E-state index in [-0.39, 0.29) is 6.61 Å². The number of hydrogen-bond donors (Lipinski definition) is 2. The van der Waals surface area contributed by atoms with E-state index in [2.05, 4.69) is 11.4 Å². The van der Waals surface area contributed by atoms with Crippen molar-refractivity contribution in [2.24, 2.45) is 0 Å². The lowest BCUT2D eigenvalue weighted by molar-refractivity contribution is 0.283. The van der Waals surface area contributed by atoms with Crippen LogP contribution in [-0.2, 0) is 0 Å². The summed E-state index contributed by atoms with van der Waals surface area (Å²) in [6.07, 6.45) is 3.97. The molecule has 0 amide bonds. The standard InChI is InChI=1S/C13H17ClN2O/c14-12-7-5-6-11(10-15)13(12)16-8-3-1-2-4-9-17/h5-7,16-17H,1-4,8-9H2. The van der Waals surface area contributed by atoms with Gasteiger partial charge in [0, 0.05) is 13.2 Å². The summed E-state index contributed by atoms with van der Waals surface area (Å²) in [5.74, 6) is 0. The van der Waals surface area contributed by atoms with Gasteiger partial charge in [-0.3, -0.25) is 0 Å². The Morgan fingerprint density at radius 1 is 1.24 bits per heavy atom. The summed E-state index contributed by atoms with van der Waals surface area (Å²) in [4.78, 5) is 0. The molecule has 0 atom stereocenters. The summed E-state index contributed by atoms with van der Waals surface area (Å²) in [6, 6.07) is 7.41. The fourth-order valence-electron chi connectivity index (χ4n) is 1.60. The van der Waals surface area contributed by atoms with E-state index in [1.165, 1.54) is 0 Å². The summed E-state index contributed by atoms with van der Waals surface area (Å²) in [6.45, 7) is 1.06. The zero-order valence-corrected chi connectivity index (χ0v) is 10.5. The van der Waals surface area contributed by atoms with Gasteiger partial charge in [-0.1, -0.05) is 30.5 Å². The van der Waals surface area contributed by atoms with E-state index in [9.17, 15) is 0 Å². The Bertz CT molecular complexity index is 387. The Balaban J connectivity index is 2.39. The molecule has 0 aliphatic heterocycles. The highest BCUT2D eigenvalue weighted by Crippen LogP contribution is 2.25. The molecule has 17 heavy (non-hydrogen) atoms. The summed E-state index contributed by atoms with van der Waals surface area (Å²) in [5, 5.41) is 21.4. The largest absolute Gasteiger partial charge is 0.396 e. The van der Waals surface area contributed by atoms with Crippen molar-refractivity contribution in [2.75, 3.05) is 18.5 Å². The number of aliphatic hydroxyl groups is 1. The van der Waals surface area contributed by atoms with Crippen LogP contribution in [0.1, 0.15) is 31.2 Å². The highest BCUT2D eigenvalue weighted by molar-refractivity contribution is 6.33. The first-order valence-electron chi connectivity index (χ1n) is 5.83. The zero-order chi connectivity index (χ0) is 12.5. The second kappa shape index (κ2) is 7.94. The van der Waals surface area contributed by atoms with Crippen molar-refractivity contribution in [3.05, 3.63) is 28.8 Å². The molecule has 0 aliphatic rings. The fourth-order valence-corrected chi connectivity index (χ4v) is 1.84. The Hall–Kier alpha value is -1.24. The molecule has 0 radical (unpaired) electrons. The van der Waals surface area contributed by atoms with E-state index in [4.69, 9.17) is 22.0 Å². The minimum Gasteiger partial charge on any atom is -0.396 e. The van der Waals surface area contributed by atoms with Gasteiger partial charge in [-0.2, -0.15) is 5.26 Å². The monoisotopic (exact) mass is 252 g/mol. The van der Waals surface area contributed by atoms with Crippen LogP contribution in [0.25, 0.3) is 0 Å². The predicted octanol–water partition coefficient (Wildman–Crippen LogP) is 3.18. The van der Waals surface area contributed by atoms with Gasteiger partial charge < -0.3 is 10.4 Å². The van der Waals surface area contributed by atoms with Crippen molar-refractivity contribution in [2.45, 2.75) is 25.7 Å². The fraction of sp³-hybridized carbons (Fsp3) is 0.462. The van der Waals surface area contributed by atoms with E-state index in [0.29, 0.717) is 10.6 Å². The van der Waals surface area contributed by atoms with Crippen molar-refractivity contribution in [3.8, 4) is 6.07 Å². The maximum absolute atomic E-state index is 8.94. The van der Waals surface area contributed by atoms with Gasteiger partial charge in [0.25, 0.3) is 0 Å². The van der Waals surface area contributed by atoms with E-state index in [0.717, 1.165) is 37.9 Å². The first-order valence-corrected chi connectivity index (χ1v) is 6.20. The molecule has 0 unspecified atom stereocenters. The molecule has 1 aromatic rings. The maximum atomic E-state index is 8.94. The average Bonchev–Trinajstić information content (AvgIpc) is 2.35. The summed E-state index contributed by atoms with van der Waals surface area (Å²) in [7, 11) is 0. The molecule has 92 valence electrons. The molecule has 0 saturated heterocycles. The first kappa shape index (κ1) is 13.8. The molecule has 0 spiro atoms. The van der Waals surface area contributed by atoms with Crippen LogP contribution in [0.5, 0.6) is 0 Å². The number of nitriles is 1. The van der Waals surface area contributed by atoms with E-state index in [1.807, 2.05) is 0 Å². The van der Waals surface area contributed by atoms with Crippen LogP contribution in [-0.4, -0.2) is 18.3 Å². The Morgan fingerprint density at radius 2 is 2.00 bits per heavy atom. The Labute approximate surface area is 107 Å². The molecule has 0 saturated carbocycles. The van der Waals surface area contributed by atoms with Crippen molar-refractivity contribution >= 4 is 17.3 Å². The van der Waals surface area contributed by atoms with Gasteiger partial charge in [-0.15, -0.1) is 0 Å². The summed E-state index contributed by atoms with van der Waals surface area (Å²) in [5.41, 5.74) is 1.30. The van der Waals surface area contributed by atoms with Gasteiger partial charge in [0.05, 0.1) is 16.3 Å². The molecule has 2 N–H and O–H groups in total. The van der Waals surface area contributed by atoms with Crippen LogP contribution in [0.3, 0.4) is 0 Å². The first-order chi connectivity index (χ1) is 8.29. The number of nitrogens with zero attached hydrogens (tertiary/aromatic N) is 1. The van der Waals surface area contributed by atoms with Crippen molar-refractivity contribution in [3.63, 3.8) is 0 Å². The lowest BCUT2D eigenvalue weighted by atomic mass is 10.1. The number of benzene rings is 1. The van der Waals surface area contributed by atoms with Gasteiger partial charge in [-0.05, 0) is 25.0 Å². The Kier molecular flexibility index (Phi) is 6.46. The second-order valence-electron chi connectivity index (χ2n) is 3.84. The highest BCUT2D eigenvalue weighted by Gasteiger charge is 2.05. The second-order valence-corrected chi connectivity index (χ2v) is 4.25. The molecule has 0 heterocycles. The topological polar surface area (TPSA) is 56.0 Å². The number of nitrogens with one attached hydrogen (secondary N) is 1. The molecule has 0 bridgehead atoms. The summed E-state index contributed by atoms with van der Waals surface area (Å²) >= 11 is 6.02. The zero-order valence-electron chi connectivity index (χ0n) is 9.75. The molecule has 4 heteroatoms. The third-order valence-electron chi connectivity index (χ3n) is 2.52. The van der Waals surface area contributed by atoms with Crippen LogP contribution in [0.2, 0.25) is 5.02 Å². The number of hydrogen-bond acceptors (Lipinski definition) is 3. The third kappa shape index (κ3) is 4.64. The van der Waals surface area contributed by atoms with Crippen LogP contribution in [0, 0.1) is 11.3 Å². The number of halogens is 1. The van der Waals surface area contributed by atoms with Gasteiger partial charge in [0.15, 0.2) is 0 Å². The number of para-hydroxylation sites is 1. The molecule has 0 aliphatic carbocycles. The van der Waals surface area contributed by atoms with Crippen molar-refractivity contribution in [1.82, 2.24) is 0 Å². The normalized spacial score (nSPS) is 9.94. The van der Waals surface area contributed by atoms with Crippen molar-refractivity contribution in [1.29, 1.82) is 5.26 Å². The minimum atomic E-state index is 0.260. The smallest absolute Gasteiger partial charge is 0.101 e. The number of rotatable bonds is 7. The SMILES string of the molecule is N#Cc1cccc(Cl)c1NCCCCCCO. The van der Waals surface area contributed by atoms with Gasteiger partial charge in [0.2, 0.25) is 0 Å². The molecule has 1 aromatic carbocycles. The van der Waals surface area contributed by atoms with Gasteiger partial charge in [0.1, 0.15) is 6.07 Å².